The molecular formula is C13H12F3N3O. The van der Waals surface area contributed by atoms with Gasteiger partial charge in [0.05, 0.1) is 0 Å². The molecule has 2 rings (SSSR count). The third-order valence-electron chi connectivity index (χ3n) is 2.35. The first kappa shape index (κ1) is 14.0. The van der Waals surface area contributed by atoms with Crippen molar-refractivity contribution in [1.29, 1.82) is 0 Å². The van der Waals surface area contributed by atoms with Crippen LogP contribution in [0.2, 0.25) is 0 Å². The fraction of sp³-hybridized carbons (Fsp3) is 0.154. The monoisotopic (exact) mass is 283 g/mol. The molecule has 0 radical (unpaired) electrons. The van der Waals surface area contributed by atoms with Crippen molar-refractivity contribution in [2.24, 2.45) is 0 Å². The van der Waals surface area contributed by atoms with Crippen molar-refractivity contribution in [2.45, 2.75) is 6.36 Å². The number of pyridine rings is 1. The zero-order chi connectivity index (χ0) is 14.6. The molecule has 0 aliphatic carbocycles. The van der Waals surface area contributed by atoms with E-state index in [9.17, 15) is 13.2 Å². The number of anilines is 3. The molecule has 2 aromatic rings. The Morgan fingerprint density at radius 1 is 1.05 bits per heavy atom. The Bertz CT molecular complexity index is 587. The van der Waals surface area contributed by atoms with Crippen LogP contribution in [-0.2, 0) is 0 Å². The molecule has 2 N–H and O–H groups in total. The summed E-state index contributed by atoms with van der Waals surface area (Å²) in [4.78, 5) is 4.21. The average Bonchev–Trinajstić information content (AvgIpc) is 2.37. The number of halogens is 3. The predicted molar refractivity (Wildman–Crippen MR) is 70.2 cm³/mol. The molecule has 0 saturated carbocycles. The van der Waals surface area contributed by atoms with Crippen LogP contribution in [0.3, 0.4) is 0 Å². The molecule has 0 spiro atoms. The third kappa shape index (κ3) is 4.04. The summed E-state index contributed by atoms with van der Waals surface area (Å²) in [6.45, 7) is 0. The summed E-state index contributed by atoms with van der Waals surface area (Å²) < 4.78 is 40.3. The van der Waals surface area contributed by atoms with E-state index >= 15 is 0 Å². The number of aromatic nitrogens is 1. The summed E-state index contributed by atoms with van der Waals surface area (Å²) in [5, 5.41) is 5.78. The molecule has 106 valence electrons. The molecule has 0 fully saturated rings. The lowest BCUT2D eigenvalue weighted by atomic mass is 10.3. The summed E-state index contributed by atoms with van der Waals surface area (Å²) in [6, 6.07) is 10.8. The summed E-state index contributed by atoms with van der Waals surface area (Å²) in [7, 11) is 1.73. The Balaban J connectivity index is 2.15. The zero-order valence-corrected chi connectivity index (χ0v) is 10.5. The van der Waals surface area contributed by atoms with Gasteiger partial charge >= 0.3 is 6.36 Å². The van der Waals surface area contributed by atoms with Gasteiger partial charge in [0, 0.05) is 18.8 Å². The van der Waals surface area contributed by atoms with Gasteiger partial charge in [-0.05, 0) is 24.3 Å². The molecule has 0 aliphatic rings. The Labute approximate surface area is 113 Å². The second-order valence-corrected chi connectivity index (χ2v) is 3.86. The van der Waals surface area contributed by atoms with E-state index in [1.54, 1.807) is 31.3 Å². The van der Waals surface area contributed by atoms with Gasteiger partial charge < -0.3 is 15.4 Å². The van der Waals surface area contributed by atoms with Gasteiger partial charge in [-0.3, -0.25) is 0 Å². The van der Waals surface area contributed by atoms with Crippen molar-refractivity contribution in [1.82, 2.24) is 4.98 Å². The minimum absolute atomic E-state index is 0.285. The smallest absolute Gasteiger partial charge is 0.406 e. The third-order valence-corrected chi connectivity index (χ3v) is 2.35. The SMILES string of the molecule is CNc1cccc(Nc2cccc(OC(F)(F)F)c2)n1. The molecule has 0 bridgehead atoms. The highest BCUT2D eigenvalue weighted by Gasteiger charge is 2.31. The van der Waals surface area contributed by atoms with E-state index in [1.807, 2.05) is 0 Å². The number of hydrogen-bond donors (Lipinski definition) is 2. The fourth-order valence-corrected chi connectivity index (χ4v) is 1.56. The van der Waals surface area contributed by atoms with Crippen LogP contribution in [-0.4, -0.2) is 18.4 Å². The van der Waals surface area contributed by atoms with Crippen molar-refractivity contribution in [3.05, 3.63) is 42.5 Å². The number of hydrogen-bond acceptors (Lipinski definition) is 4. The Morgan fingerprint density at radius 3 is 2.45 bits per heavy atom. The number of benzene rings is 1. The highest BCUT2D eigenvalue weighted by molar-refractivity contribution is 5.59. The molecule has 7 heteroatoms. The zero-order valence-electron chi connectivity index (χ0n) is 10.5. The maximum atomic E-state index is 12.1. The lowest BCUT2D eigenvalue weighted by Crippen LogP contribution is -2.17. The second kappa shape index (κ2) is 5.68. The van der Waals surface area contributed by atoms with Crippen LogP contribution in [0.15, 0.2) is 42.5 Å². The molecule has 0 saturated heterocycles. The van der Waals surface area contributed by atoms with Crippen molar-refractivity contribution in [3.63, 3.8) is 0 Å². The Kier molecular flexibility index (Phi) is 3.97. The lowest BCUT2D eigenvalue weighted by molar-refractivity contribution is -0.274. The van der Waals surface area contributed by atoms with Gasteiger partial charge in [0.25, 0.3) is 0 Å². The minimum Gasteiger partial charge on any atom is -0.406 e. The average molecular weight is 283 g/mol. The van der Waals surface area contributed by atoms with E-state index in [0.29, 0.717) is 17.3 Å². The number of nitrogens with one attached hydrogen (secondary N) is 2. The van der Waals surface area contributed by atoms with Crippen LogP contribution in [0, 0.1) is 0 Å². The fourth-order valence-electron chi connectivity index (χ4n) is 1.56. The van der Waals surface area contributed by atoms with Crippen LogP contribution in [0.1, 0.15) is 0 Å². The van der Waals surface area contributed by atoms with Crippen LogP contribution >= 0.6 is 0 Å². The summed E-state index contributed by atoms with van der Waals surface area (Å²) >= 11 is 0. The molecule has 0 atom stereocenters. The number of rotatable bonds is 4. The Morgan fingerprint density at radius 2 is 1.75 bits per heavy atom. The van der Waals surface area contributed by atoms with Gasteiger partial charge in [-0.1, -0.05) is 12.1 Å². The van der Waals surface area contributed by atoms with Crippen molar-refractivity contribution in [2.75, 3.05) is 17.7 Å². The van der Waals surface area contributed by atoms with Gasteiger partial charge in [-0.15, -0.1) is 13.2 Å². The molecule has 4 nitrogen and oxygen atoms in total. The van der Waals surface area contributed by atoms with Gasteiger partial charge in [-0.25, -0.2) is 4.98 Å². The lowest BCUT2D eigenvalue weighted by Gasteiger charge is -2.11. The van der Waals surface area contributed by atoms with Gasteiger partial charge in [-0.2, -0.15) is 0 Å². The van der Waals surface area contributed by atoms with Crippen LogP contribution in [0.5, 0.6) is 5.75 Å². The molecular weight excluding hydrogens is 271 g/mol. The summed E-state index contributed by atoms with van der Waals surface area (Å²) in [5.74, 6) is 0.881. The van der Waals surface area contributed by atoms with Crippen LogP contribution in [0.4, 0.5) is 30.5 Å². The van der Waals surface area contributed by atoms with Crippen LogP contribution in [0.25, 0.3) is 0 Å². The molecule has 20 heavy (non-hydrogen) atoms. The normalized spacial score (nSPS) is 11.0. The summed E-state index contributed by atoms with van der Waals surface area (Å²) in [6.07, 6.45) is -4.71. The minimum atomic E-state index is -4.71. The van der Waals surface area contributed by atoms with Crippen LogP contribution < -0.4 is 15.4 Å². The first-order valence-corrected chi connectivity index (χ1v) is 5.74. The first-order valence-electron chi connectivity index (χ1n) is 5.74. The first-order chi connectivity index (χ1) is 9.46. The summed E-state index contributed by atoms with van der Waals surface area (Å²) in [5.41, 5.74) is 0.451. The quantitative estimate of drug-likeness (QED) is 0.896. The highest BCUT2D eigenvalue weighted by atomic mass is 19.4. The van der Waals surface area contributed by atoms with E-state index < -0.39 is 6.36 Å². The molecule has 1 heterocycles. The highest BCUT2D eigenvalue weighted by Crippen LogP contribution is 2.26. The largest absolute Gasteiger partial charge is 0.573 e. The molecule has 1 aromatic heterocycles. The molecule has 0 aliphatic heterocycles. The van der Waals surface area contributed by atoms with Gasteiger partial charge in [0.2, 0.25) is 0 Å². The van der Waals surface area contributed by atoms with E-state index in [1.165, 1.54) is 18.2 Å². The number of alkyl halides is 3. The Hall–Kier alpha value is -2.44. The van der Waals surface area contributed by atoms with E-state index in [2.05, 4.69) is 20.4 Å². The van der Waals surface area contributed by atoms with E-state index in [-0.39, 0.29) is 5.75 Å². The molecule has 1 aromatic carbocycles. The van der Waals surface area contributed by atoms with E-state index in [4.69, 9.17) is 0 Å². The second-order valence-electron chi connectivity index (χ2n) is 3.86. The molecule has 0 amide bonds. The van der Waals surface area contributed by atoms with Gasteiger partial charge in [0.15, 0.2) is 0 Å². The maximum absolute atomic E-state index is 12.1. The van der Waals surface area contributed by atoms with Crippen molar-refractivity contribution >= 4 is 17.3 Å². The predicted octanol–water partition coefficient (Wildman–Crippen LogP) is 3.77. The number of ether oxygens (including phenoxy) is 1. The van der Waals surface area contributed by atoms with Gasteiger partial charge in [0.1, 0.15) is 17.4 Å². The number of nitrogens with zero attached hydrogens (tertiary/aromatic N) is 1. The maximum Gasteiger partial charge on any atom is 0.573 e. The van der Waals surface area contributed by atoms with Crippen molar-refractivity contribution < 1.29 is 17.9 Å². The van der Waals surface area contributed by atoms with E-state index in [0.717, 1.165) is 0 Å². The topological polar surface area (TPSA) is 46.2 Å². The van der Waals surface area contributed by atoms with Crippen molar-refractivity contribution in [3.8, 4) is 5.75 Å². The standard InChI is InChI=1S/C13H12F3N3O/c1-17-11-6-3-7-12(19-11)18-9-4-2-5-10(8-9)20-13(14,15)16/h2-8H,1H3,(H2,17,18,19). The molecule has 0 unspecified atom stereocenters.